The molecule has 0 saturated carbocycles. The Labute approximate surface area is 158 Å². The van der Waals surface area contributed by atoms with Crippen molar-refractivity contribution < 1.29 is 33.8 Å². The van der Waals surface area contributed by atoms with Crippen LogP contribution in [0.5, 0.6) is 0 Å². The summed E-state index contributed by atoms with van der Waals surface area (Å²) in [6.45, 7) is 2.63. The molecule has 0 aliphatic heterocycles. The normalized spacial score (nSPS) is 11.0. The molecule has 0 radical (unpaired) electrons. The van der Waals surface area contributed by atoms with E-state index in [1.165, 1.54) is 89.9 Å². The predicted octanol–water partition coefficient (Wildman–Crippen LogP) is 5.21. The zero-order valence-corrected chi connectivity index (χ0v) is 19.3. The van der Waals surface area contributed by atoms with Gasteiger partial charge >= 0.3 is 19.5 Å². The van der Waals surface area contributed by atoms with E-state index in [1.54, 1.807) is 0 Å². The van der Waals surface area contributed by atoms with Crippen LogP contribution in [0.15, 0.2) is 0 Å². The van der Waals surface area contributed by atoms with Gasteiger partial charge in [0.05, 0.1) is 0 Å². The van der Waals surface area contributed by atoms with E-state index in [2.05, 4.69) is 11.4 Å². The van der Waals surface area contributed by atoms with Gasteiger partial charge in [-0.2, -0.15) is 8.60 Å². The third-order valence-electron chi connectivity index (χ3n) is 4.19. The fourth-order valence-electron chi connectivity index (χ4n) is 2.79. The Morgan fingerprint density at radius 3 is 1.17 bits per heavy atom. The second-order valence-electron chi connectivity index (χ2n) is 6.36. The monoisotopic (exact) mass is 396 g/mol. The van der Waals surface area contributed by atoms with Crippen LogP contribution in [-0.4, -0.2) is 6.61 Å². The Morgan fingerprint density at radius 1 is 0.565 bits per heavy atom. The molecule has 0 aliphatic carbocycles. The molecule has 0 aliphatic rings. The van der Waals surface area contributed by atoms with Crippen molar-refractivity contribution in [3.8, 4) is 0 Å². The molecule has 0 saturated heterocycles. The summed E-state index contributed by atoms with van der Waals surface area (Å²) in [5, 5.41) is 0. The van der Waals surface area contributed by atoms with Crippen molar-refractivity contribution in [1.29, 1.82) is 0 Å². The maximum atomic E-state index is 10.2. The fourth-order valence-corrected chi connectivity index (χ4v) is 3.07. The minimum Gasteiger partial charge on any atom is -0.820 e. The molecule has 134 valence electrons. The molecule has 3 nitrogen and oxygen atoms in total. The Kier molecular flexibility index (Phi) is 26.1. The molecule has 0 atom stereocenters. The van der Waals surface area contributed by atoms with E-state index in [-0.39, 0.29) is 19.5 Å². The second-order valence-corrected chi connectivity index (χ2v) is 7.07. The third-order valence-corrected chi connectivity index (χ3v) is 4.59. The Bertz CT molecular complexity index is 207. The molecule has 0 amide bonds. The van der Waals surface area contributed by atoms with E-state index in [0.717, 1.165) is 12.8 Å². The van der Waals surface area contributed by atoms with Crippen molar-refractivity contribution >= 4 is 8.60 Å². The minimum absolute atomic E-state index is 0. The first-order chi connectivity index (χ1) is 10.8. The van der Waals surface area contributed by atoms with Crippen LogP contribution in [0.3, 0.4) is 0 Å². The topological polar surface area (TPSA) is 55.3 Å². The standard InChI is InChI=1S/C18H37O3P.Zn/c1-2-3-4-5-6-7-8-9-10-11-12-13-14-15-16-17-18-21-22(19)20;/h2-18H2,1H3;/q-2;+2. The van der Waals surface area contributed by atoms with E-state index >= 15 is 0 Å². The second kappa shape index (κ2) is 22.9. The molecule has 23 heavy (non-hydrogen) atoms. The fraction of sp³-hybridized carbons (Fsp3) is 1.00. The first-order valence-electron chi connectivity index (χ1n) is 9.54. The summed E-state index contributed by atoms with van der Waals surface area (Å²) in [6, 6.07) is 0. The maximum absolute atomic E-state index is 10.2. The van der Waals surface area contributed by atoms with Crippen LogP contribution in [0.4, 0.5) is 0 Å². The van der Waals surface area contributed by atoms with Gasteiger partial charge in [0.25, 0.3) is 0 Å². The SMILES string of the molecule is CCCCCCCCCCCCCCCCCCOP([O-])[O-].[Zn+2]. The van der Waals surface area contributed by atoms with Crippen LogP contribution in [0, 0.1) is 0 Å². The summed E-state index contributed by atoms with van der Waals surface area (Å²) in [4.78, 5) is 20.3. The molecule has 0 aromatic rings. The van der Waals surface area contributed by atoms with Crippen LogP contribution in [0.1, 0.15) is 110 Å². The van der Waals surface area contributed by atoms with Gasteiger partial charge in [0.1, 0.15) is 0 Å². The average molecular weight is 398 g/mol. The van der Waals surface area contributed by atoms with Crippen molar-refractivity contribution in [3.05, 3.63) is 0 Å². The summed E-state index contributed by atoms with van der Waals surface area (Å²) in [5.41, 5.74) is 0. The molecule has 0 spiro atoms. The molecule has 0 bridgehead atoms. The quantitative estimate of drug-likeness (QED) is 0.181. The van der Waals surface area contributed by atoms with Gasteiger partial charge in [-0.15, -0.1) is 0 Å². The Balaban J connectivity index is 0. The summed E-state index contributed by atoms with van der Waals surface area (Å²) in [6.07, 6.45) is 21.2. The van der Waals surface area contributed by atoms with Crippen LogP contribution in [-0.2, 0) is 24.0 Å². The molecular formula is C18H37O3PZn. The van der Waals surface area contributed by atoms with Crippen molar-refractivity contribution in [2.45, 2.75) is 110 Å². The van der Waals surface area contributed by atoms with E-state index in [0.29, 0.717) is 6.61 Å². The van der Waals surface area contributed by atoms with Crippen LogP contribution < -0.4 is 9.79 Å². The largest absolute Gasteiger partial charge is 2.00 e. The van der Waals surface area contributed by atoms with Gasteiger partial charge in [-0.1, -0.05) is 103 Å². The van der Waals surface area contributed by atoms with Crippen LogP contribution in [0.2, 0.25) is 0 Å². The molecule has 5 heteroatoms. The zero-order valence-electron chi connectivity index (χ0n) is 15.4. The van der Waals surface area contributed by atoms with Gasteiger partial charge in [-0.25, -0.2) is 0 Å². The summed E-state index contributed by atoms with van der Waals surface area (Å²) >= 11 is 0. The van der Waals surface area contributed by atoms with E-state index in [1.807, 2.05) is 0 Å². The van der Waals surface area contributed by atoms with Crippen molar-refractivity contribution in [2.24, 2.45) is 0 Å². The number of rotatable bonds is 18. The average Bonchev–Trinajstić information content (AvgIpc) is 2.50. The van der Waals surface area contributed by atoms with Gasteiger partial charge in [-0.3, -0.25) is 0 Å². The summed E-state index contributed by atoms with van der Waals surface area (Å²) < 4.78 is 4.51. The molecule has 0 aromatic heterocycles. The van der Waals surface area contributed by atoms with E-state index in [4.69, 9.17) is 0 Å². The third kappa shape index (κ3) is 25.3. The predicted molar refractivity (Wildman–Crippen MR) is 92.4 cm³/mol. The van der Waals surface area contributed by atoms with Gasteiger partial charge in [0.15, 0.2) is 0 Å². The maximum Gasteiger partial charge on any atom is 2.00 e. The summed E-state index contributed by atoms with van der Waals surface area (Å²) in [5.74, 6) is 0. The molecule has 0 heterocycles. The van der Waals surface area contributed by atoms with Gasteiger partial charge in [0, 0.05) is 6.61 Å². The molecule has 0 N–H and O–H groups in total. The number of hydrogen-bond acceptors (Lipinski definition) is 3. The van der Waals surface area contributed by atoms with Crippen molar-refractivity contribution in [3.63, 3.8) is 0 Å². The molecule has 0 aromatic carbocycles. The van der Waals surface area contributed by atoms with Crippen LogP contribution >= 0.6 is 8.60 Å². The van der Waals surface area contributed by atoms with Crippen molar-refractivity contribution in [2.75, 3.05) is 6.61 Å². The first-order valence-corrected chi connectivity index (χ1v) is 10.6. The number of hydrogen-bond donors (Lipinski definition) is 0. The molecule has 0 unspecified atom stereocenters. The molecule has 0 fully saturated rings. The Hall–Kier alpha value is 0.933. The minimum atomic E-state index is -2.64. The van der Waals surface area contributed by atoms with Gasteiger partial charge in [-0.05, 0) is 6.42 Å². The first kappa shape index (κ1) is 26.2. The van der Waals surface area contributed by atoms with E-state index in [9.17, 15) is 9.79 Å². The van der Waals surface area contributed by atoms with Crippen molar-refractivity contribution in [1.82, 2.24) is 0 Å². The summed E-state index contributed by atoms with van der Waals surface area (Å²) in [7, 11) is -2.64. The zero-order chi connectivity index (χ0) is 16.3. The van der Waals surface area contributed by atoms with Gasteiger partial charge in [0.2, 0.25) is 0 Å². The smallest absolute Gasteiger partial charge is 0.820 e. The van der Waals surface area contributed by atoms with Crippen LogP contribution in [0.25, 0.3) is 0 Å². The van der Waals surface area contributed by atoms with E-state index < -0.39 is 8.60 Å². The Morgan fingerprint density at radius 2 is 0.870 bits per heavy atom. The number of unbranched alkanes of at least 4 members (excludes halogenated alkanes) is 15. The molecule has 0 rings (SSSR count). The van der Waals surface area contributed by atoms with Gasteiger partial charge < -0.3 is 14.3 Å². The molecular weight excluding hydrogens is 361 g/mol.